The van der Waals surface area contributed by atoms with Gasteiger partial charge in [-0.3, -0.25) is 19.3 Å². The highest BCUT2D eigenvalue weighted by Crippen LogP contribution is 2.39. The van der Waals surface area contributed by atoms with Gasteiger partial charge in [0.1, 0.15) is 17.0 Å². The molecule has 3 aromatic rings. The summed E-state index contributed by atoms with van der Waals surface area (Å²) in [4.78, 5) is 22.6. The number of rotatable bonds is 7. The van der Waals surface area contributed by atoms with Crippen molar-refractivity contribution >= 4 is 44.2 Å². The first-order valence-corrected chi connectivity index (χ1v) is 11.9. The highest BCUT2D eigenvalue weighted by Gasteiger charge is 2.27. The maximum atomic E-state index is 13.8. The van der Waals surface area contributed by atoms with E-state index in [2.05, 4.69) is 10.00 Å². The zero-order valence-corrected chi connectivity index (χ0v) is 20.4. The number of hydrogen-bond donors (Lipinski definition) is 0. The van der Waals surface area contributed by atoms with Gasteiger partial charge in [-0.1, -0.05) is 22.9 Å². The van der Waals surface area contributed by atoms with Crippen molar-refractivity contribution in [3.05, 3.63) is 34.6 Å². The molecule has 172 valence electrons. The molecule has 4 rings (SSSR count). The largest absolute Gasteiger partial charge is 0.494 e. The van der Waals surface area contributed by atoms with E-state index in [1.54, 1.807) is 28.8 Å². The first-order valence-electron chi connectivity index (χ1n) is 10.7. The molecule has 0 bridgehead atoms. The molecule has 0 radical (unpaired) electrons. The van der Waals surface area contributed by atoms with Crippen molar-refractivity contribution in [2.75, 3.05) is 51.4 Å². The fourth-order valence-electron chi connectivity index (χ4n) is 3.78. The number of anilines is 1. The number of methoxy groups -OCH3 is 1. The molecule has 1 fully saturated rings. The molecule has 0 spiro atoms. The number of aryl methyl sites for hydroxylation is 1. The first-order chi connectivity index (χ1) is 15.4. The van der Waals surface area contributed by atoms with Gasteiger partial charge in [-0.2, -0.15) is 5.10 Å². The Morgan fingerprint density at radius 1 is 1.34 bits per heavy atom. The molecule has 0 saturated carbocycles. The third kappa shape index (κ3) is 4.61. The summed E-state index contributed by atoms with van der Waals surface area (Å²) in [5.41, 5.74) is 2.03. The maximum Gasteiger partial charge on any atom is 0.278 e. The number of hydrogen-bond acceptors (Lipinski definition) is 7. The van der Waals surface area contributed by atoms with E-state index in [0.29, 0.717) is 46.9 Å². The van der Waals surface area contributed by atoms with E-state index >= 15 is 0 Å². The van der Waals surface area contributed by atoms with Crippen molar-refractivity contribution in [2.24, 2.45) is 0 Å². The van der Waals surface area contributed by atoms with Crippen LogP contribution in [0.2, 0.25) is 5.02 Å². The van der Waals surface area contributed by atoms with E-state index in [0.717, 1.165) is 30.0 Å². The Balaban J connectivity index is 1.73. The zero-order chi connectivity index (χ0) is 22.8. The number of carbonyl (C=O) groups excluding carboxylic acids is 1. The zero-order valence-electron chi connectivity index (χ0n) is 18.8. The molecule has 3 heterocycles. The molecular weight excluding hydrogens is 450 g/mol. The van der Waals surface area contributed by atoms with E-state index in [1.165, 1.54) is 11.3 Å². The summed E-state index contributed by atoms with van der Waals surface area (Å²) >= 11 is 7.85. The predicted octanol–water partition coefficient (Wildman–Crippen LogP) is 4.02. The summed E-state index contributed by atoms with van der Waals surface area (Å²) in [5.74, 6) is 0.511. The summed E-state index contributed by atoms with van der Waals surface area (Å²) in [7, 11) is 1.60. The van der Waals surface area contributed by atoms with Gasteiger partial charge < -0.3 is 9.47 Å². The van der Waals surface area contributed by atoms with Crippen molar-refractivity contribution in [2.45, 2.75) is 26.8 Å². The van der Waals surface area contributed by atoms with Gasteiger partial charge in [-0.05, 0) is 39.0 Å². The SMILES string of the molecule is COc1ccc(Cl)c2sc(N(CCN3CCOCC3)C(=O)c3cc(C)nn3C(C)C)nc12. The minimum absolute atomic E-state index is 0.0636. The van der Waals surface area contributed by atoms with Crippen molar-refractivity contribution in [3.63, 3.8) is 0 Å². The highest BCUT2D eigenvalue weighted by atomic mass is 35.5. The second-order valence-corrected chi connectivity index (χ2v) is 9.43. The third-order valence-electron chi connectivity index (χ3n) is 5.45. The molecule has 1 aromatic carbocycles. The van der Waals surface area contributed by atoms with Gasteiger partial charge in [0.2, 0.25) is 0 Å². The normalized spacial score (nSPS) is 14.9. The standard InChI is InChI=1S/C22H28ClN5O3S/c1-14(2)28-17(13-15(3)25-28)21(29)27(8-7-26-9-11-31-12-10-26)22-24-19-18(30-4)6-5-16(23)20(19)32-22/h5-6,13-14H,7-12H2,1-4H3. The van der Waals surface area contributed by atoms with Crippen LogP contribution in [0.25, 0.3) is 10.2 Å². The molecule has 0 N–H and O–H groups in total. The summed E-state index contributed by atoms with van der Waals surface area (Å²) in [6, 6.07) is 5.49. The molecule has 10 heteroatoms. The second-order valence-electron chi connectivity index (χ2n) is 8.04. The van der Waals surface area contributed by atoms with Gasteiger partial charge in [-0.25, -0.2) is 4.98 Å². The second kappa shape index (κ2) is 9.74. The number of fused-ring (bicyclic) bond motifs is 1. The number of ether oxygens (including phenoxy) is 2. The van der Waals surface area contributed by atoms with Crippen LogP contribution in [0.5, 0.6) is 5.75 Å². The van der Waals surface area contributed by atoms with Crippen LogP contribution >= 0.6 is 22.9 Å². The molecule has 0 aliphatic carbocycles. The van der Waals surface area contributed by atoms with Crippen LogP contribution in [0.15, 0.2) is 18.2 Å². The van der Waals surface area contributed by atoms with Crippen molar-refractivity contribution in [1.82, 2.24) is 19.7 Å². The van der Waals surface area contributed by atoms with Crippen molar-refractivity contribution < 1.29 is 14.3 Å². The Morgan fingerprint density at radius 2 is 2.09 bits per heavy atom. The Kier molecular flexibility index (Phi) is 6.99. The quantitative estimate of drug-likeness (QED) is 0.511. The van der Waals surface area contributed by atoms with Crippen LogP contribution in [0, 0.1) is 6.92 Å². The van der Waals surface area contributed by atoms with Crippen LogP contribution in [-0.4, -0.2) is 72.1 Å². The third-order valence-corrected chi connectivity index (χ3v) is 6.99. The Morgan fingerprint density at radius 3 is 2.78 bits per heavy atom. The predicted molar refractivity (Wildman–Crippen MR) is 127 cm³/mol. The molecule has 32 heavy (non-hydrogen) atoms. The number of aromatic nitrogens is 3. The summed E-state index contributed by atoms with van der Waals surface area (Å²) in [6.07, 6.45) is 0. The number of morpholine rings is 1. The van der Waals surface area contributed by atoms with Crippen LogP contribution in [0.3, 0.4) is 0 Å². The molecule has 0 atom stereocenters. The number of halogens is 1. The minimum atomic E-state index is -0.123. The highest BCUT2D eigenvalue weighted by molar-refractivity contribution is 7.23. The number of nitrogens with zero attached hydrogens (tertiary/aromatic N) is 5. The average Bonchev–Trinajstić information content (AvgIpc) is 3.40. The van der Waals surface area contributed by atoms with Crippen LogP contribution in [0.4, 0.5) is 5.13 Å². The molecule has 1 saturated heterocycles. The summed E-state index contributed by atoms with van der Waals surface area (Å²) in [6.45, 7) is 10.3. The van der Waals surface area contributed by atoms with Crippen LogP contribution in [-0.2, 0) is 4.74 Å². The van der Waals surface area contributed by atoms with Gasteiger partial charge in [0.15, 0.2) is 5.13 Å². The number of thiazole rings is 1. The van der Waals surface area contributed by atoms with Gasteiger partial charge in [0.05, 0.1) is 35.7 Å². The topological polar surface area (TPSA) is 72.7 Å². The van der Waals surface area contributed by atoms with Gasteiger partial charge >= 0.3 is 0 Å². The number of carbonyl (C=O) groups is 1. The molecular formula is C22H28ClN5O3S. The number of benzene rings is 1. The Labute approximate surface area is 196 Å². The molecule has 0 unspecified atom stereocenters. The molecule has 2 aromatic heterocycles. The molecule has 8 nitrogen and oxygen atoms in total. The van der Waals surface area contributed by atoms with Gasteiger partial charge in [0, 0.05) is 32.2 Å². The smallest absolute Gasteiger partial charge is 0.278 e. The van der Waals surface area contributed by atoms with E-state index in [9.17, 15) is 4.79 Å². The first kappa shape index (κ1) is 23.0. The molecule has 1 amide bonds. The monoisotopic (exact) mass is 477 g/mol. The van der Waals surface area contributed by atoms with E-state index in [4.69, 9.17) is 26.1 Å². The van der Waals surface area contributed by atoms with Crippen LogP contribution < -0.4 is 9.64 Å². The van der Waals surface area contributed by atoms with Crippen molar-refractivity contribution in [1.29, 1.82) is 0 Å². The minimum Gasteiger partial charge on any atom is -0.494 e. The fourth-order valence-corrected chi connectivity index (χ4v) is 5.06. The van der Waals surface area contributed by atoms with Crippen LogP contribution in [0.1, 0.15) is 36.1 Å². The average molecular weight is 478 g/mol. The van der Waals surface area contributed by atoms with Gasteiger partial charge in [0.25, 0.3) is 5.91 Å². The van der Waals surface area contributed by atoms with Crippen molar-refractivity contribution in [3.8, 4) is 5.75 Å². The lowest BCUT2D eigenvalue weighted by atomic mass is 10.3. The van der Waals surface area contributed by atoms with E-state index in [1.807, 2.05) is 26.8 Å². The lowest BCUT2D eigenvalue weighted by Gasteiger charge is -2.29. The summed E-state index contributed by atoms with van der Waals surface area (Å²) in [5, 5.41) is 5.71. The molecule has 1 aliphatic heterocycles. The Hall–Kier alpha value is -2.20. The maximum absolute atomic E-state index is 13.8. The summed E-state index contributed by atoms with van der Waals surface area (Å²) < 4.78 is 13.5. The van der Waals surface area contributed by atoms with Gasteiger partial charge in [-0.15, -0.1) is 0 Å². The van der Waals surface area contributed by atoms with E-state index in [-0.39, 0.29) is 11.9 Å². The van der Waals surface area contributed by atoms with E-state index < -0.39 is 0 Å². The molecule has 1 aliphatic rings. The fraction of sp³-hybridized carbons (Fsp3) is 0.500. The Bertz CT molecular complexity index is 1110. The number of amides is 1. The lowest BCUT2D eigenvalue weighted by molar-refractivity contribution is 0.0391. The lowest BCUT2D eigenvalue weighted by Crippen LogP contribution is -2.43.